The fourth-order valence-electron chi connectivity index (χ4n) is 6.58. The number of allylic oxidation sites excluding steroid dienone is 4. The Kier molecular flexibility index (Phi) is 22.8. The monoisotopic (exact) mass is 936 g/mol. The molecule has 6 rings (SSSR count). The average molecular weight is 940 g/mol. The molecular formula is C53H70Cl4Zr-4. The third-order valence-electron chi connectivity index (χ3n) is 9.71. The summed E-state index contributed by atoms with van der Waals surface area (Å²) in [5, 5.41) is 1.48. The molecule has 0 saturated carbocycles. The quantitative estimate of drug-likeness (QED) is 0.147. The summed E-state index contributed by atoms with van der Waals surface area (Å²) in [5.74, 6) is 0.573. The molecule has 58 heavy (non-hydrogen) atoms. The van der Waals surface area contributed by atoms with Crippen molar-refractivity contribution in [1.29, 1.82) is 0 Å². The predicted molar refractivity (Wildman–Crippen MR) is 260 cm³/mol. The Morgan fingerprint density at radius 2 is 1.09 bits per heavy atom. The molecule has 0 N–H and O–H groups in total. The fourth-order valence-corrected chi connectivity index (χ4v) is 6.85. The molecule has 0 fully saturated rings. The summed E-state index contributed by atoms with van der Waals surface area (Å²) >= 11 is 12.3. The number of rotatable bonds is 1. The van der Waals surface area contributed by atoms with Crippen molar-refractivity contribution in [1.82, 2.24) is 0 Å². The third kappa shape index (κ3) is 17.0. The molecule has 0 nitrogen and oxygen atoms in total. The SMILES string of the molecule is CC(C)(C)c1[c-]c2c(cc1C(C)(C)C)-c1cc(C(C)(C)C)c(C(C)(C)C)cc1C2.CCC1[C-]=CC(C(C)(C)C)=C1.Cl.Cl.Clc1c[c-]ccc1.Clc1c[c-]ccc1.[CH2]=[Zr]. The van der Waals surface area contributed by atoms with Gasteiger partial charge in [-0.15, -0.1) is 41.5 Å². The van der Waals surface area contributed by atoms with Crippen molar-refractivity contribution >= 4 is 52.2 Å². The van der Waals surface area contributed by atoms with Crippen LogP contribution in [0.5, 0.6) is 0 Å². The molecule has 4 aromatic rings. The first kappa shape index (κ1) is 56.3. The van der Waals surface area contributed by atoms with Gasteiger partial charge in [0, 0.05) is 0 Å². The fraction of sp³-hybridized carbons (Fsp3) is 0.453. The number of hydrogen-bond donors (Lipinski definition) is 0. The molecule has 5 heteroatoms. The van der Waals surface area contributed by atoms with Crippen molar-refractivity contribution in [3.8, 4) is 11.1 Å². The van der Waals surface area contributed by atoms with Crippen LogP contribution in [0.2, 0.25) is 10.0 Å². The van der Waals surface area contributed by atoms with Crippen molar-refractivity contribution in [3.05, 3.63) is 152 Å². The van der Waals surface area contributed by atoms with E-state index in [0.717, 1.165) is 16.5 Å². The van der Waals surface area contributed by atoms with E-state index in [1.54, 1.807) is 12.1 Å². The Bertz CT molecular complexity index is 1790. The second-order valence-corrected chi connectivity index (χ2v) is 20.7. The maximum atomic E-state index is 5.51. The van der Waals surface area contributed by atoms with Gasteiger partial charge in [0.15, 0.2) is 0 Å². The Morgan fingerprint density at radius 3 is 1.40 bits per heavy atom. The Balaban J connectivity index is 0.000000909. The zero-order chi connectivity index (χ0) is 42.9. The molecule has 2 aliphatic carbocycles. The standard InChI is InChI=1S/C29H41.C11H17.2C6H4Cl.CH2.2ClH.Zr/c1-26(2,3)22-14-18-13-19-15-23(27(4,5)6)25(29(10,11)12)17-21(19)20(18)16-24(22)28(7,8)9;1-5-9-6-7-10(8-9)11(2,3)4;2*7-6-4-2-1-3-5-6;;;;/h14,16-17H,13H2,1-12H3;7-9H,5H2,1-4H3;2*1-2,4-5H;1H2;2*1H;/q4*-1;;;;. The second kappa shape index (κ2) is 23.5. The van der Waals surface area contributed by atoms with Gasteiger partial charge in [-0.1, -0.05) is 162 Å². The molecule has 0 saturated heterocycles. The van der Waals surface area contributed by atoms with E-state index in [1.807, 2.05) is 36.4 Å². The third-order valence-corrected chi connectivity index (χ3v) is 10.2. The Labute approximate surface area is 393 Å². The molecule has 0 amide bonds. The van der Waals surface area contributed by atoms with Gasteiger partial charge in [0.1, 0.15) is 0 Å². The zero-order valence-electron chi connectivity index (χ0n) is 38.3. The maximum absolute atomic E-state index is 5.51. The van der Waals surface area contributed by atoms with Gasteiger partial charge in [-0.3, -0.25) is 6.08 Å². The van der Waals surface area contributed by atoms with Crippen molar-refractivity contribution in [2.24, 2.45) is 11.3 Å². The molecule has 0 radical (unpaired) electrons. The summed E-state index contributed by atoms with van der Waals surface area (Å²) in [4.78, 5) is 0. The molecule has 2 aliphatic rings. The molecule has 0 bridgehead atoms. The molecule has 318 valence electrons. The second-order valence-electron chi connectivity index (χ2n) is 19.8. The predicted octanol–water partition coefficient (Wildman–Crippen LogP) is 16.7. The summed E-state index contributed by atoms with van der Waals surface area (Å²) in [6.45, 7) is 36.9. The van der Waals surface area contributed by atoms with Crippen LogP contribution >= 0.6 is 48.0 Å². The van der Waals surface area contributed by atoms with E-state index in [1.165, 1.54) is 80.7 Å². The molecule has 0 aliphatic heterocycles. The van der Waals surface area contributed by atoms with E-state index in [-0.39, 0.29) is 46.5 Å². The van der Waals surface area contributed by atoms with Gasteiger partial charge < -0.3 is 0 Å². The van der Waals surface area contributed by atoms with Gasteiger partial charge in [-0.05, 0) is 39.4 Å². The van der Waals surface area contributed by atoms with Crippen LogP contribution in [0.15, 0.2) is 84.5 Å². The first-order valence-electron chi connectivity index (χ1n) is 19.9. The van der Waals surface area contributed by atoms with Crippen LogP contribution in [-0.4, -0.2) is 4.21 Å². The number of halogens is 4. The Morgan fingerprint density at radius 1 is 0.638 bits per heavy atom. The normalized spacial score (nSPS) is 14.1. The van der Waals surface area contributed by atoms with Crippen LogP contribution in [0.25, 0.3) is 11.1 Å². The van der Waals surface area contributed by atoms with E-state index in [0.29, 0.717) is 11.3 Å². The van der Waals surface area contributed by atoms with Gasteiger partial charge in [0.05, 0.1) is 0 Å². The minimum atomic E-state index is 0. The first-order valence-corrected chi connectivity index (χ1v) is 22.4. The summed E-state index contributed by atoms with van der Waals surface area (Å²) in [5.41, 5.74) is 13.7. The van der Waals surface area contributed by atoms with Crippen LogP contribution in [0, 0.1) is 35.6 Å². The molecule has 1 atom stereocenters. The molecule has 0 aromatic heterocycles. The van der Waals surface area contributed by atoms with Crippen LogP contribution < -0.4 is 0 Å². The summed E-state index contributed by atoms with van der Waals surface area (Å²) in [6.07, 6.45) is 10.0. The first-order chi connectivity index (χ1) is 25.7. The van der Waals surface area contributed by atoms with Crippen molar-refractivity contribution in [2.45, 2.75) is 145 Å². The summed E-state index contributed by atoms with van der Waals surface area (Å²) in [7, 11) is 0. The number of hydrogen-bond acceptors (Lipinski definition) is 0. The molecule has 1 unspecified atom stereocenters. The van der Waals surface area contributed by atoms with E-state index >= 15 is 0 Å². The van der Waals surface area contributed by atoms with Gasteiger partial charge in [-0.25, -0.2) is 6.08 Å². The van der Waals surface area contributed by atoms with Gasteiger partial charge in [0.2, 0.25) is 0 Å². The average Bonchev–Trinajstić information content (AvgIpc) is 3.73. The van der Waals surface area contributed by atoms with Crippen LogP contribution in [0.4, 0.5) is 0 Å². The van der Waals surface area contributed by atoms with Crippen LogP contribution in [-0.2, 0) is 52.3 Å². The van der Waals surface area contributed by atoms with Crippen molar-refractivity contribution in [2.75, 3.05) is 0 Å². The van der Waals surface area contributed by atoms with E-state index in [4.69, 9.17) is 23.2 Å². The van der Waals surface area contributed by atoms with E-state index < -0.39 is 0 Å². The molecule has 0 heterocycles. The van der Waals surface area contributed by atoms with Gasteiger partial charge >= 0.3 is 28.4 Å². The summed E-state index contributed by atoms with van der Waals surface area (Å²) < 4.78 is 3.34. The number of fused-ring (bicyclic) bond motifs is 3. The van der Waals surface area contributed by atoms with E-state index in [2.05, 4.69) is 170 Å². The number of benzene rings is 4. The van der Waals surface area contributed by atoms with Gasteiger partial charge in [-0.2, -0.15) is 113 Å². The van der Waals surface area contributed by atoms with Gasteiger partial charge in [0.25, 0.3) is 0 Å². The van der Waals surface area contributed by atoms with Crippen molar-refractivity contribution in [3.63, 3.8) is 0 Å². The van der Waals surface area contributed by atoms with Crippen molar-refractivity contribution < 1.29 is 24.2 Å². The summed E-state index contributed by atoms with van der Waals surface area (Å²) in [6, 6.07) is 31.4. The molecule has 4 aromatic carbocycles. The molecule has 0 spiro atoms. The Hall–Kier alpha value is -1.73. The minimum absolute atomic E-state index is 0. The zero-order valence-corrected chi connectivity index (χ0v) is 43.9. The van der Waals surface area contributed by atoms with Crippen LogP contribution in [0.1, 0.15) is 151 Å². The molecular weight excluding hydrogens is 870 g/mol. The van der Waals surface area contributed by atoms with E-state index in [9.17, 15) is 0 Å². The van der Waals surface area contributed by atoms with Crippen LogP contribution in [0.3, 0.4) is 0 Å². The topological polar surface area (TPSA) is 0 Å².